The largest absolute Gasteiger partial charge is 0.324 e. The molecule has 1 amide bonds. The van der Waals surface area contributed by atoms with Crippen molar-refractivity contribution in [1.82, 2.24) is 9.97 Å². The van der Waals surface area contributed by atoms with Crippen LogP contribution in [0.15, 0.2) is 36.5 Å². The number of nitrogens with zero attached hydrogens (tertiary/aromatic N) is 4. The molecule has 1 fully saturated rings. The average molecular weight is 321 g/mol. The summed E-state index contributed by atoms with van der Waals surface area (Å²) < 4.78 is 0. The molecule has 1 saturated heterocycles. The first-order valence-electron chi connectivity index (χ1n) is 7.98. The van der Waals surface area contributed by atoms with E-state index in [1.54, 1.807) is 17.2 Å². The Bertz CT molecular complexity index is 796. The number of aryl methyl sites for hydroxylation is 1. The number of benzene rings is 1. The molecule has 2 aromatic rings. The molecule has 3 rings (SSSR count). The van der Waals surface area contributed by atoms with Gasteiger partial charge >= 0.3 is 0 Å². The summed E-state index contributed by atoms with van der Waals surface area (Å²) in [5.74, 6) is 0.776. The maximum absolute atomic E-state index is 12.6. The molecule has 122 valence electrons. The number of carbonyl (C=O) groups excluding carboxylic acids is 1. The van der Waals surface area contributed by atoms with Crippen LogP contribution in [-0.4, -0.2) is 22.4 Å². The molecule has 1 aromatic heterocycles. The molecular formula is C18H19N5O. The number of aromatic nitrogens is 2. The molecule has 0 saturated carbocycles. The van der Waals surface area contributed by atoms with Crippen LogP contribution in [0.4, 0.5) is 17.5 Å². The van der Waals surface area contributed by atoms with Crippen LogP contribution >= 0.6 is 0 Å². The minimum absolute atomic E-state index is 0.174. The van der Waals surface area contributed by atoms with E-state index in [1.807, 2.05) is 38.1 Å². The number of nitrogens with one attached hydrogen (secondary N) is 1. The molecule has 1 unspecified atom stereocenters. The third kappa shape index (κ3) is 2.81. The van der Waals surface area contributed by atoms with Gasteiger partial charge in [-0.25, -0.2) is 4.98 Å². The molecule has 24 heavy (non-hydrogen) atoms. The highest BCUT2D eigenvalue weighted by Crippen LogP contribution is 2.36. The number of amides is 1. The summed E-state index contributed by atoms with van der Waals surface area (Å²) in [6.45, 7) is 4.39. The number of carbonyl (C=O) groups is 1. The Labute approximate surface area is 141 Å². The summed E-state index contributed by atoms with van der Waals surface area (Å²) >= 11 is 0. The lowest BCUT2D eigenvalue weighted by Crippen LogP contribution is -2.33. The van der Waals surface area contributed by atoms with Gasteiger partial charge in [-0.3, -0.25) is 9.69 Å². The monoisotopic (exact) mass is 321 g/mol. The fourth-order valence-electron chi connectivity index (χ4n) is 2.82. The van der Waals surface area contributed by atoms with E-state index in [2.05, 4.69) is 21.4 Å². The van der Waals surface area contributed by atoms with E-state index in [4.69, 9.17) is 0 Å². The van der Waals surface area contributed by atoms with Crippen molar-refractivity contribution < 1.29 is 4.79 Å². The summed E-state index contributed by atoms with van der Waals surface area (Å²) in [6.07, 6.45) is 2.66. The Balaban J connectivity index is 1.82. The molecule has 2 heterocycles. The predicted octanol–water partition coefficient (Wildman–Crippen LogP) is 3.19. The minimum atomic E-state index is -0.921. The van der Waals surface area contributed by atoms with Crippen LogP contribution in [0, 0.1) is 23.7 Å². The standard InChI is InChI=1S/C18H19N5O/c1-3-18(12-19)9-11-23(16(18)24)15-8-10-20-17(22-15)21-14-6-4-13(2)5-7-14/h4-8,10H,3,9,11H2,1-2H3,(H,20,21,22). The van der Waals surface area contributed by atoms with Gasteiger partial charge in [-0.15, -0.1) is 0 Å². The lowest BCUT2D eigenvalue weighted by atomic mass is 9.85. The van der Waals surface area contributed by atoms with Gasteiger partial charge in [0, 0.05) is 18.4 Å². The summed E-state index contributed by atoms with van der Waals surface area (Å²) in [5.41, 5.74) is 1.13. The van der Waals surface area contributed by atoms with Gasteiger partial charge in [-0.05, 0) is 38.0 Å². The summed E-state index contributed by atoms with van der Waals surface area (Å²) in [6, 6.07) is 11.8. The second-order valence-corrected chi connectivity index (χ2v) is 5.98. The molecule has 6 heteroatoms. The fraction of sp³-hybridized carbons (Fsp3) is 0.333. The van der Waals surface area contributed by atoms with E-state index in [9.17, 15) is 10.1 Å². The summed E-state index contributed by atoms with van der Waals surface area (Å²) in [7, 11) is 0. The molecule has 1 aliphatic rings. The first kappa shape index (κ1) is 15.9. The number of anilines is 3. The van der Waals surface area contributed by atoms with Gasteiger partial charge in [-0.1, -0.05) is 24.6 Å². The van der Waals surface area contributed by atoms with Crippen LogP contribution in [0.1, 0.15) is 25.3 Å². The first-order chi connectivity index (χ1) is 11.6. The highest BCUT2D eigenvalue weighted by molar-refractivity contribution is 6.01. The number of hydrogen-bond donors (Lipinski definition) is 1. The van der Waals surface area contributed by atoms with Gasteiger partial charge in [0.1, 0.15) is 11.2 Å². The topological polar surface area (TPSA) is 81.9 Å². The Morgan fingerprint density at radius 3 is 2.71 bits per heavy atom. The minimum Gasteiger partial charge on any atom is -0.324 e. The van der Waals surface area contributed by atoms with Crippen molar-refractivity contribution in [3.63, 3.8) is 0 Å². The van der Waals surface area contributed by atoms with Crippen molar-refractivity contribution in [2.24, 2.45) is 5.41 Å². The Hall–Kier alpha value is -2.94. The molecular weight excluding hydrogens is 302 g/mol. The summed E-state index contributed by atoms with van der Waals surface area (Å²) in [5, 5.41) is 12.5. The van der Waals surface area contributed by atoms with E-state index >= 15 is 0 Å². The summed E-state index contributed by atoms with van der Waals surface area (Å²) in [4.78, 5) is 22.8. The van der Waals surface area contributed by atoms with Crippen molar-refractivity contribution in [2.45, 2.75) is 26.7 Å². The second kappa shape index (κ2) is 6.28. The lowest BCUT2D eigenvalue weighted by molar-refractivity contribution is -0.123. The second-order valence-electron chi connectivity index (χ2n) is 5.98. The molecule has 1 atom stereocenters. The Kier molecular flexibility index (Phi) is 4.17. The van der Waals surface area contributed by atoms with E-state index in [1.165, 1.54) is 5.56 Å². The molecule has 0 bridgehead atoms. The third-order valence-corrected chi connectivity index (χ3v) is 4.46. The quantitative estimate of drug-likeness (QED) is 0.935. The van der Waals surface area contributed by atoms with E-state index in [-0.39, 0.29) is 5.91 Å². The van der Waals surface area contributed by atoms with Crippen molar-refractivity contribution >= 4 is 23.4 Å². The van der Waals surface area contributed by atoms with Crippen LogP contribution in [-0.2, 0) is 4.79 Å². The van der Waals surface area contributed by atoms with Gasteiger partial charge in [0.25, 0.3) is 0 Å². The van der Waals surface area contributed by atoms with E-state index < -0.39 is 5.41 Å². The third-order valence-electron chi connectivity index (χ3n) is 4.46. The number of nitriles is 1. The molecule has 0 aliphatic carbocycles. The molecule has 1 aromatic carbocycles. The highest BCUT2D eigenvalue weighted by Gasteiger charge is 2.46. The van der Waals surface area contributed by atoms with E-state index in [0.717, 1.165) is 5.69 Å². The zero-order valence-electron chi connectivity index (χ0n) is 13.8. The van der Waals surface area contributed by atoms with Crippen LogP contribution in [0.25, 0.3) is 0 Å². The van der Waals surface area contributed by atoms with E-state index in [0.29, 0.717) is 31.2 Å². The van der Waals surface area contributed by atoms with Gasteiger partial charge < -0.3 is 5.32 Å². The van der Waals surface area contributed by atoms with Crippen LogP contribution in [0.5, 0.6) is 0 Å². The SMILES string of the molecule is CCC1(C#N)CCN(c2ccnc(Nc3ccc(C)cc3)n2)C1=O. The number of hydrogen-bond acceptors (Lipinski definition) is 5. The van der Waals surface area contributed by atoms with Gasteiger partial charge in [0.15, 0.2) is 0 Å². The van der Waals surface area contributed by atoms with Crippen molar-refractivity contribution in [2.75, 3.05) is 16.8 Å². The van der Waals surface area contributed by atoms with Crippen LogP contribution in [0.2, 0.25) is 0 Å². The Morgan fingerprint density at radius 2 is 2.08 bits per heavy atom. The predicted molar refractivity (Wildman–Crippen MR) is 91.8 cm³/mol. The van der Waals surface area contributed by atoms with Gasteiger partial charge in [0.2, 0.25) is 11.9 Å². The highest BCUT2D eigenvalue weighted by atomic mass is 16.2. The average Bonchev–Trinajstić information content (AvgIpc) is 2.94. The normalized spacial score (nSPS) is 20.0. The zero-order chi connectivity index (χ0) is 17.2. The lowest BCUT2D eigenvalue weighted by Gasteiger charge is -2.19. The fourth-order valence-corrected chi connectivity index (χ4v) is 2.82. The molecule has 1 N–H and O–H groups in total. The molecule has 0 spiro atoms. The van der Waals surface area contributed by atoms with Crippen molar-refractivity contribution in [1.29, 1.82) is 5.26 Å². The number of rotatable bonds is 4. The smallest absolute Gasteiger partial charge is 0.248 e. The molecule has 1 aliphatic heterocycles. The van der Waals surface area contributed by atoms with Gasteiger partial charge in [-0.2, -0.15) is 10.2 Å². The maximum Gasteiger partial charge on any atom is 0.248 e. The first-order valence-corrected chi connectivity index (χ1v) is 7.98. The molecule has 6 nitrogen and oxygen atoms in total. The van der Waals surface area contributed by atoms with Crippen LogP contribution in [0.3, 0.4) is 0 Å². The zero-order valence-corrected chi connectivity index (χ0v) is 13.8. The van der Waals surface area contributed by atoms with Crippen molar-refractivity contribution in [3.05, 3.63) is 42.1 Å². The Morgan fingerprint density at radius 1 is 1.33 bits per heavy atom. The van der Waals surface area contributed by atoms with Gasteiger partial charge in [0.05, 0.1) is 6.07 Å². The van der Waals surface area contributed by atoms with Crippen LogP contribution < -0.4 is 10.2 Å². The molecule has 0 radical (unpaired) electrons. The maximum atomic E-state index is 12.6. The van der Waals surface area contributed by atoms with Crippen molar-refractivity contribution in [3.8, 4) is 6.07 Å².